The number of rotatable bonds is 7. The van der Waals surface area contributed by atoms with E-state index in [1.807, 2.05) is 31.2 Å². The second-order valence-corrected chi connectivity index (χ2v) is 5.67. The van der Waals surface area contributed by atoms with E-state index in [2.05, 4.69) is 25.6 Å². The molecule has 8 heteroatoms. The Kier molecular flexibility index (Phi) is 5.55. The third kappa shape index (κ3) is 4.35. The van der Waals surface area contributed by atoms with Crippen LogP contribution in [0.15, 0.2) is 42.7 Å². The van der Waals surface area contributed by atoms with Crippen LogP contribution in [0.3, 0.4) is 0 Å². The summed E-state index contributed by atoms with van der Waals surface area (Å²) in [6.07, 6.45) is 1.44. The highest BCUT2D eigenvalue weighted by Crippen LogP contribution is 2.40. The van der Waals surface area contributed by atoms with E-state index in [-0.39, 0.29) is 0 Å². The lowest BCUT2D eigenvalue weighted by Crippen LogP contribution is -2.03. The average Bonchev–Trinajstić information content (AvgIpc) is 2.67. The maximum atomic E-state index is 5.36. The van der Waals surface area contributed by atoms with Crippen molar-refractivity contribution in [1.82, 2.24) is 15.0 Å². The van der Waals surface area contributed by atoms with Crippen LogP contribution in [0.2, 0.25) is 0 Å². The van der Waals surface area contributed by atoms with Crippen LogP contribution >= 0.6 is 0 Å². The molecular formula is C19H21N5O3. The molecule has 2 N–H and O–H groups in total. The molecular weight excluding hydrogens is 346 g/mol. The highest BCUT2D eigenvalue weighted by molar-refractivity contribution is 5.66. The van der Waals surface area contributed by atoms with Crippen molar-refractivity contribution in [3.05, 3.63) is 48.3 Å². The summed E-state index contributed by atoms with van der Waals surface area (Å²) in [7, 11) is 4.68. The number of nitrogens with one attached hydrogen (secondary N) is 2. The monoisotopic (exact) mass is 367 g/mol. The normalized spacial score (nSPS) is 10.2. The Hall–Kier alpha value is -3.55. The van der Waals surface area contributed by atoms with Crippen LogP contribution in [-0.4, -0.2) is 36.3 Å². The maximum Gasteiger partial charge on any atom is 0.232 e. The molecule has 0 fully saturated rings. The van der Waals surface area contributed by atoms with Crippen molar-refractivity contribution in [2.24, 2.45) is 0 Å². The zero-order valence-electron chi connectivity index (χ0n) is 15.6. The van der Waals surface area contributed by atoms with Gasteiger partial charge in [0.05, 0.1) is 21.3 Å². The van der Waals surface area contributed by atoms with E-state index in [1.54, 1.807) is 33.5 Å². The van der Waals surface area contributed by atoms with Gasteiger partial charge in [-0.1, -0.05) is 12.1 Å². The van der Waals surface area contributed by atoms with Crippen LogP contribution in [0.25, 0.3) is 0 Å². The molecule has 0 aliphatic carbocycles. The summed E-state index contributed by atoms with van der Waals surface area (Å²) in [5, 5.41) is 6.29. The zero-order valence-corrected chi connectivity index (χ0v) is 15.6. The summed E-state index contributed by atoms with van der Waals surface area (Å²) in [6, 6.07) is 11.5. The SMILES string of the molecule is COc1cc(Nc2ncnc(Nc3cccc(C)c3)n2)cc(OC)c1OC. The van der Waals surface area contributed by atoms with E-state index < -0.39 is 0 Å². The number of aromatic nitrogens is 3. The molecule has 0 aliphatic heterocycles. The second-order valence-electron chi connectivity index (χ2n) is 5.67. The quantitative estimate of drug-likeness (QED) is 0.653. The molecule has 0 radical (unpaired) electrons. The predicted molar refractivity (Wildman–Crippen MR) is 104 cm³/mol. The van der Waals surface area contributed by atoms with Gasteiger partial charge in [-0.2, -0.15) is 4.98 Å². The fourth-order valence-corrected chi connectivity index (χ4v) is 2.55. The third-order valence-electron chi connectivity index (χ3n) is 3.77. The smallest absolute Gasteiger partial charge is 0.232 e. The standard InChI is InChI=1S/C19H21N5O3/c1-12-6-5-7-13(8-12)22-18-20-11-21-19(24-18)23-14-9-15(25-2)17(27-4)16(10-14)26-3/h5-11H,1-4H3,(H2,20,21,22,23,24). The van der Waals surface area contributed by atoms with Crippen LogP contribution in [0, 0.1) is 6.92 Å². The Labute approximate surface area is 157 Å². The largest absolute Gasteiger partial charge is 0.493 e. The fraction of sp³-hybridized carbons (Fsp3) is 0.211. The van der Waals surface area contributed by atoms with Gasteiger partial charge in [-0.3, -0.25) is 0 Å². The number of anilines is 4. The molecule has 3 rings (SSSR count). The van der Waals surface area contributed by atoms with Gasteiger partial charge in [-0.25, -0.2) is 9.97 Å². The Morgan fingerprint density at radius 1 is 0.778 bits per heavy atom. The molecule has 140 valence electrons. The molecule has 1 aromatic heterocycles. The Bertz CT molecular complexity index is 908. The second kappa shape index (κ2) is 8.22. The van der Waals surface area contributed by atoms with Gasteiger partial charge in [0.25, 0.3) is 0 Å². The molecule has 0 amide bonds. The van der Waals surface area contributed by atoms with Crippen LogP contribution in [0.1, 0.15) is 5.56 Å². The van der Waals surface area contributed by atoms with Crippen LogP contribution in [-0.2, 0) is 0 Å². The van der Waals surface area contributed by atoms with Crippen molar-refractivity contribution >= 4 is 23.3 Å². The van der Waals surface area contributed by atoms with Crippen LogP contribution in [0.5, 0.6) is 17.2 Å². The summed E-state index contributed by atoms with van der Waals surface area (Å²) in [6.45, 7) is 2.02. The molecule has 0 bridgehead atoms. The molecule has 8 nitrogen and oxygen atoms in total. The van der Waals surface area contributed by atoms with E-state index in [1.165, 1.54) is 6.33 Å². The molecule has 1 heterocycles. The lowest BCUT2D eigenvalue weighted by Gasteiger charge is -2.14. The topological polar surface area (TPSA) is 90.4 Å². The van der Waals surface area contributed by atoms with Crippen molar-refractivity contribution < 1.29 is 14.2 Å². The van der Waals surface area contributed by atoms with Crippen molar-refractivity contribution in [2.45, 2.75) is 6.92 Å². The third-order valence-corrected chi connectivity index (χ3v) is 3.77. The molecule has 2 aromatic carbocycles. The molecule has 0 spiro atoms. The molecule has 3 aromatic rings. The summed E-state index contributed by atoms with van der Waals surface area (Å²) in [5.74, 6) is 2.40. The summed E-state index contributed by atoms with van der Waals surface area (Å²) in [4.78, 5) is 12.7. The fourth-order valence-electron chi connectivity index (χ4n) is 2.55. The minimum absolute atomic E-state index is 0.384. The van der Waals surface area contributed by atoms with E-state index in [4.69, 9.17) is 14.2 Å². The predicted octanol–water partition coefficient (Wildman–Crippen LogP) is 3.69. The van der Waals surface area contributed by atoms with Gasteiger partial charge in [-0.05, 0) is 24.6 Å². The van der Waals surface area contributed by atoms with Gasteiger partial charge >= 0.3 is 0 Å². The van der Waals surface area contributed by atoms with Crippen molar-refractivity contribution in [3.8, 4) is 17.2 Å². The van der Waals surface area contributed by atoms with Gasteiger partial charge < -0.3 is 24.8 Å². The van der Waals surface area contributed by atoms with Gasteiger partial charge in [-0.15, -0.1) is 0 Å². The average molecular weight is 367 g/mol. The molecule has 0 unspecified atom stereocenters. The van der Waals surface area contributed by atoms with E-state index in [0.717, 1.165) is 11.3 Å². The molecule has 0 saturated heterocycles. The highest BCUT2D eigenvalue weighted by atomic mass is 16.5. The van der Waals surface area contributed by atoms with Crippen LogP contribution < -0.4 is 24.8 Å². The van der Waals surface area contributed by atoms with Crippen LogP contribution in [0.4, 0.5) is 23.3 Å². The number of ether oxygens (including phenoxy) is 3. The summed E-state index contributed by atoms with van der Waals surface area (Å²) in [5.41, 5.74) is 2.74. The first-order valence-electron chi connectivity index (χ1n) is 8.22. The molecule has 27 heavy (non-hydrogen) atoms. The van der Waals surface area contributed by atoms with E-state index >= 15 is 0 Å². The molecule has 0 atom stereocenters. The van der Waals surface area contributed by atoms with Crippen molar-refractivity contribution in [1.29, 1.82) is 0 Å². The number of hydrogen-bond donors (Lipinski definition) is 2. The highest BCUT2D eigenvalue weighted by Gasteiger charge is 2.14. The lowest BCUT2D eigenvalue weighted by atomic mass is 10.2. The Morgan fingerprint density at radius 3 is 1.96 bits per heavy atom. The number of nitrogens with zero attached hydrogens (tertiary/aromatic N) is 3. The Balaban J connectivity index is 1.84. The number of aryl methyl sites for hydroxylation is 1. The van der Waals surface area contributed by atoms with Gasteiger partial charge in [0, 0.05) is 23.5 Å². The first-order valence-corrected chi connectivity index (χ1v) is 8.22. The van der Waals surface area contributed by atoms with Gasteiger partial charge in [0.2, 0.25) is 17.6 Å². The number of benzene rings is 2. The number of hydrogen-bond acceptors (Lipinski definition) is 8. The molecule has 0 aliphatic rings. The maximum absolute atomic E-state index is 5.36. The van der Waals surface area contributed by atoms with Crippen molar-refractivity contribution in [3.63, 3.8) is 0 Å². The lowest BCUT2D eigenvalue weighted by molar-refractivity contribution is 0.324. The zero-order chi connectivity index (χ0) is 19.2. The van der Waals surface area contributed by atoms with Gasteiger partial charge in [0.1, 0.15) is 6.33 Å². The number of methoxy groups -OCH3 is 3. The summed E-state index contributed by atoms with van der Waals surface area (Å²) >= 11 is 0. The van der Waals surface area contributed by atoms with E-state index in [9.17, 15) is 0 Å². The van der Waals surface area contributed by atoms with Gasteiger partial charge in [0.15, 0.2) is 11.5 Å². The minimum atomic E-state index is 0.384. The van der Waals surface area contributed by atoms with E-state index in [0.29, 0.717) is 34.8 Å². The first kappa shape index (κ1) is 18.2. The first-order chi connectivity index (χ1) is 13.1. The van der Waals surface area contributed by atoms with Crippen molar-refractivity contribution in [2.75, 3.05) is 32.0 Å². The molecule has 0 saturated carbocycles. The minimum Gasteiger partial charge on any atom is -0.493 e. The Morgan fingerprint density at radius 2 is 1.41 bits per heavy atom. The summed E-state index contributed by atoms with van der Waals surface area (Å²) < 4.78 is 16.1.